The lowest BCUT2D eigenvalue weighted by molar-refractivity contribution is -0.138. The Kier molecular flexibility index (Phi) is 5.53. The van der Waals surface area contributed by atoms with Gasteiger partial charge in [0.2, 0.25) is 5.91 Å². The Labute approximate surface area is 192 Å². The minimum Gasteiger partial charge on any atom is -0.457 e. The van der Waals surface area contributed by atoms with E-state index in [-0.39, 0.29) is 42.5 Å². The molecule has 3 aliphatic heterocycles. The summed E-state index contributed by atoms with van der Waals surface area (Å²) in [4.78, 5) is 38.5. The Morgan fingerprint density at radius 1 is 1.09 bits per heavy atom. The molecule has 4 aliphatic rings. The van der Waals surface area contributed by atoms with Crippen LogP contribution in [-0.4, -0.2) is 53.6 Å². The molecule has 1 aromatic carbocycles. The largest absolute Gasteiger partial charge is 0.457 e. The van der Waals surface area contributed by atoms with Crippen molar-refractivity contribution in [2.75, 3.05) is 19.7 Å². The zero-order valence-corrected chi connectivity index (χ0v) is 19.1. The molecule has 1 aromatic rings. The summed E-state index contributed by atoms with van der Waals surface area (Å²) in [5.41, 5.74) is 4.09. The summed E-state index contributed by atoms with van der Waals surface area (Å²) in [5.74, 6) is -0.510. The summed E-state index contributed by atoms with van der Waals surface area (Å²) in [6, 6.07) is 3.78. The molecule has 1 atom stereocenters. The number of ether oxygens (including phenoxy) is 2. The van der Waals surface area contributed by atoms with E-state index in [1.807, 2.05) is 13.0 Å². The van der Waals surface area contributed by atoms with Crippen molar-refractivity contribution in [2.45, 2.75) is 64.7 Å². The van der Waals surface area contributed by atoms with E-state index in [4.69, 9.17) is 9.47 Å². The van der Waals surface area contributed by atoms with Crippen molar-refractivity contribution in [3.8, 4) is 0 Å². The Morgan fingerprint density at radius 3 is 2.52 bits per heavy atom. The SMILES string of the molecule is CC1=C(N2CC[C@]3(CC[C@@H](NC[C@H](O)c4ccc5c(c4C)COC5=O)CC3)C2=O)COC1=O. The number of aliphatic hydroxyl groups is 1. The lowest BCUT2D eigenvalue weighted by Gasteiger charge is -2.36. The average molecular weight is 455 g/mol. The summed E-state index contributed by atoms with van der Waals surface area (Å²) in [7, 11) is 0. The number of fused-ring (bicyclic) bond motifs is 1. The van der Waals surface area contributed by atoms with E-state index < -0.39 is 6.10 Å². The minimum absolute atomic E-state index is 0.124. The molecule has 2 N–H and O–H groups in total. The van der Waals surface area contributed by atoms with Crippen molar-refractivity contribution in [1.82, 2.24) is 10.2 Å². The van der Waals surface area contributed by atoms with Crippen LogP contribution in [0.2, 0.25) is 0 Å². The summed E-state index contributed by atoms with van der Waals surface area (Å²) >= 11 is 0. The lowest BCUT2D eigenvalue weighted by Crippen LogP contribution is -2.43. The van der Waals surface area contributed by atoms with Crippen molar-refractivity contribution < 1.29 is 29.0 Å². The number of aliphatic hydroxyl groups excluding tert-OH is 1. The predicted octanol–water partition coefficient (Wildman–Crippen LogP) is 2.28. The van der Waals surface area contributed by atoms with Gasteiger partial charge < -0.3 is 24.8 Å². The molecular formula is C25H30N2O6. The third-order valence-electron chi connectivity index (χ3n) is 8.03. The van der Waals surface area contributed by atoms with Gasteiger partial charge >= 0.3 is 11.9 Å². The van der Waals surface area contributed by atoms with Crippen LogP contribution in [0.3, 0.4) is 0 Å². The second-order valence-electron chi connectivity index (χ2n) is 9.72. The smallest absolute Gasteiger partial charge is 0.338 e. The van der Waals surface area contributed by atoms with Gasteiger partial charge in [0.1, 0.15) is 13.2 Å². The molecule has 176 valence electrons. The maximum Gasteiger partial charge on any atom is 0.338 e. The van der Waals surface area contributed by atoms with Crippen LogP contribution in [0, 0.1) is 12.3 Å². The molecule has 1 saturated heterocycles. The first kappa shape index (κ1) is 22.1. The number of rotatable bonds is 5. The molecule has 1 spiro atoms. The van der Waals surface area contributed by atoms with Crippen molar-refractivity contribution in [3.05, 3.63) is 45.7 Å². The highest BCUT2D eigenvalue weighted by Crippen LogP contribution is 2.46. The van der Waals surface area contributed by atoms with E-state index >= 15 is 0 Å². The summed E-state index contributed by atoms with van der Waals surface area (Å²) in [6.45, 7) is 5.15. The zero-order chi connectivity index (χ0) is 23.3. The fraction of sp³-hybridized carbons (Fsp3) is 0.560. The van der Waals surface area contributed by atoms with Crippen molar-refractivity contribution in [1.29, 1.82) is 0 Å². The van der Waals surface area contributed by atoms with E-state index in [0.29, 0.717) is 24.2 Å². The molecular weight excluding hydrogens is 424 g/mol. The topological polar surface area (TPSA) is 105 Å². The molecule has 5 rings (SSSR count). The van der Waals surface area contributed by atoms with Crippen molar-refractivity contribution in [3.63, 3.8) is 0 Å². The molecule has 1 aliphatic carbocycles. The number of esters is 2. The quantitative estimate of drug-likeness (QED) is 0.658. The van der Waals surface area contributed by atoms with E-state index in [1.54, 1.807) is 17.9 Å². The standard InChI is InChI=1S/C25H30N2O6/c1-14-17(3-4-18-19(14)12-32-23(18)30)21(28)11-26-16-5-7-25(8-6-16)9-10-27(24(25)31)20-13-33-22(29)15(20)2/h3-4,16,21,26,28H,5-13H2,1-2H3/t16-,21-,25-/m0/s1. The van der Waals surface area contributed by atoms with E-state index in [9.17, 15) is 19.5 Å². The Bertz CT molecular complexity index is 1050. The molecule has 1 amide bonds. The van der Waals surface area contributed by atoms with Gasteiger partial charge in [0, 0.05) is 24.7 Å². The van der Waals surface area contributed by atoms with Gasteiger partial charge in [-0.3, -0.25) is 4.79 Å². The molecule has 1 saturated carbocycles. The van der Waals surface area contributed by atoms with E-state index in [1.165, 1.54) is 0 Å². The highest BCUT2D eigenvalue weighted by atomic mass is 16.5. The number of carbonyl (C=O) groups excluding carboxylic acids is 3. The number of carbonyl (C=O) groups is 3. The fourth-order valence-corrected chi connectivity index (χ4v) is 5.78. The number of nitrogens with one attached hydrogen (secondary N) is 1. The monoisotopic (exact) mass is 454 g/mol. The summed E-state index contributed by atoms with van der Waals surface area (Å²) in [6.07, 6.45) is 3.46. The van der Waals surface area contributed by atoms with Crippen molar-refractivity contribution in [2.24, 2.45) is 5.41 Å². The van der Waals surface area contributed by atoms with Crippen LogP contribution < -0.4 is 5.32 Å². The van der Waals surface area contributed by atoms with Gasteiger partial charge in [-0.05, 0) is 63.1 Å². The second-order valence-corrected chi connectivity index (χ2v) is 9.72. The van der Waals surface area contributed by atoms with Crippen LogP contribution in [0.15, 0.2) is 23.4 Å². The van der Waals surface area contributed by atoms with Gasteiger partial charge in [0.25, 0.3) is 0 Å². The van der Waals surface area contributed by atoms with Gasteiger partial charge in [-0.25, -0.2) is 9.59 Å². The van der Waals surface area contributed by atoms with Gasteiger partial charge in [0.05, 0.1) is 28.4 Å². The van der Waals surface area contributed by atoms with Crippen molar-refractivity contribution >= 4 is 17.8 Å². The Balaban J connectivity index is 1.17. The third kappa shape index (κ3) is 3.65. The maximum absolute atomic E-state index is 13.3. The van der Waals surface area contributed by atoms with Gasteiger partial charge in [-0.2, -0.15) is 0 Å². The average Bonchev–Trinajstić information content (AvgIpc) is 3.45. The Hall–Kier alpha value is -2.71. The maximum atomic E-state index is 13.3. The van der Waals surface area contributed by atoms with Gasteiger partial charge in [0.15, 0.2) is 0 Å². The number of hydrogen-bond donors (Lipinski definition) is 2. The molecule has 0 unspecified atom stereocenters. The first-order valence-electron chi connectivity index (χ1n) is 11.7. The Morgan fingerprint density at radius 2 is 1.82 bits per heavy atom. The normalized spacial score (nSPS) is 27.9. The number of hydrogen-bond acceptors (Lipinski definition) is 7. The summed E-state index contributed by atoms with van der Waals surface area (Å²) < 4.78 is 10.2. The van der Waals surface area contributed by atoms with Crippen LogP contribution in [0.4, 0.5) is 0 Å². The fourth-order valence-electron chi connectivity index (χ4n) is 5.78. The van der Waals surface area contributed by atoms with E-state index in [2.05, 4.69) is 5.32 Å². The zero-order valence-electron chi connectivity index (χ0n) is 19.1. The highest BCUT2D eigenvalue weighted by Gasteiger charge is 2.50. The van der Waals surface area contributed by atoms with Crippen LogP contribution in [0.1, 0.15) is 72.2 Å². The van der Waals surface area contributed by atoms with Gasteiger partial charge in [-0.1, -0.05) is 6.07 Å². The van der Waals surface area contributed by atoms with Crippen LogP contribution in [-0.2, 0) is 25.7 Å². The van der Waals surface area contributed by atoms with Crippen LogP contribution in [0.25, 0.3) is 0 Å². The van der Waals surface area contributed by atoms with E-state index in [0.717, 1.165) is 54.5 Å². The number of benzene rings is 1. The molecule has 2 fully saturated rings. The molecule has 33 heavy (non-hydrogen) atoms. The molecule has 0 aromatic heterocycles. The molecule has 8 nitrogen and oxygen atoms in total. The number of likely N-dealkylation sites (tertiary alicyclic amines) is 1. The first-order valence-corrected chi connectivity index (χ1v) is 11.7. The lowest BCUT2D eigenvalue weighted by atomic mass is 9.71. The highest BCUT2D eigenvalue weighted by molar-refractivity contribution is 5.94. The van der Waals surface area contributed by atoms with Gasteiger partial charge in [-0.15, -0.1) is 0 Å². The van der Waals surface area contributed by atoms with Crippen LogP contribution in [0.5, 0.6) is 0 Å². The number of cyclic esters (lactones) is 2. The third-order valence-corrected chi connectivity index (χ3v) is 8.03. The number of amides is 1. The van der Waals surface area contributed by atoms with Crippen LogP contribution >= 0.6 is 0 Å². The predicted molar refractivity (Wildman–Crippen MR) is 118 cm³/mol. The first-order chi connectivity index (χ1) is 15.8. The second kappa shape index (κ2) is 8.25. The molecule has 0 bridgehead atoms. The number of nitrogens with zero attached hydrogens (tertiary/aromatic N) is 1. The summed E-state index contributed by atoms with van der Waals surface area (Å²) in [5, 5.41) is 14.3. The molecule has 0 radical (unpaired) electrons. The molecule has 8 heteroatoms. The molecule has 3 heterocycles. The minimum atomic E-state index is -0.680.